The first-order chi connectivity index (χ1) is 9.11. The van der Waals surface area contributed by atoms with Gasteiger partial charge in [0.05, 0.1) is 6.61 Å². The fraction of sp³-hybridized carbons (Fsp3) is 0.500. The maximum atomic E-state index is 12.3. The van der Waals surface area contributed by atoms with Gasteiger partial charge in [0.1, 0.15) is 0 Å². The lowest BCUT2D eigenvalue weighted by Gasteiger charge is -2.23. The summed E-state index contributed by atoms with van der Waals surface area (Å²) in [5.41, 5.74) is 3.18. The van der Waals surface area contributed by atoms with Crippen molar-refractivity contribution in [2.45, 2.75) is 39.5 Å². The van der Waals surface area contributed by atoms with Gasteiger partial charge in [-0.25, -0.2) is 0 Å². The minimum absolute atomic E-state index is 0.0281. The van der Waals surface area contributed by atoms with E-state index in [1.165, 1.54) is 5.56 Å². The number of carbonyl (C=O) groups is 2. The number of fused-ring (bicyclic) bond motifs is 1. The standard InChI is InChI=1S/C16H20O3/c1-3-19-15(17)9-7-12-5-6-13-10-11(2)4-8-14(13)16(12)18/h4,8,10,12H,3,5-7,9H2,1-2H3. The molecule has 1 aromatic carbocycles. The van der Waals surface area contributed by atoms with Crippen LogP contribution < -0.4 is 0 Å². The lowest BCUT2D eigenvalue weighted by atomic mass is 9.80. The Morgan fingerprint density at radius 1 is 1.42 bits per heavy atom. The van der Waals surface area contributed by atoms with Gasteiger partial charge in [-0.1, -0.05) is 23.8 Å². The van der Waals surface area contributed by atoms with E-state index in [1.807, 2.05) is 19.1 Å². The SMILES string of the molecule is CCOC(=O)CCC1CCc2cc(C)ccc2C1=O. The first-order valence-corrected chi connectivity index (χ1v) is 6.91. The van der Waals surface area contributed by atoms with Crippen molar-refractivity contribution < 1.29 is 14.3 Å². The lowest BCUT2D eigenvalue weighted by molar-refractivity contribution is -0.143. The molecule has 0 fully saturated rings. The number of aryl methyl sites for hydroxylation is 2. The van der Waals surface area contributed by atoms with Crippen LogP contribution in [0, 0.1) is 12.8 Å². The predicted octanol–water partition coefficient (Wildman–Crippen LogP) is 3.08. The van der Waals surface area contributed by atoms with Gasteiger partial charge in [0.15, 0.2) is 5.78 Å². The Kier molecular flexibility index (Phi) is 4.35. The Hall–Kier alpha value is -1.64. The van der Waals surface area contributed by atoms with E-state index in [-0.39, 0.29) is 17.7 Å². The molecule has 19 heavy (non-hydrogen) atoms. The molecule has 0 saturated heterocycles. The second-order valence-corrected chi connectivity index (χ2v) is 5.10. The average Bonchev–Trinajstić information content (AvgIpc) is 2.38. The van der Waals surface area contributed by atoms with Crippen LogP contribution >= 0.6 is 0 Å². The number of rotatable bonds is 4. The van der Waals surface area contributed by atoms with Crippen molar-refractivity contribution in [3.05, 3.63) is 34.9 Å². The van der Waals surface area contributed by atoms with E-state index in [4.69, 9.17) is 4.74 Å². The van der Waals surface area contributed by atoms with E-state index in [0.29, 0.717) is 19.4 Å². The van der Waals surface area contributed by atoms with Crippen molar-refractivity contribution in [2.24, 2.45) is 5.92 Å². The molecule has 0 radical (unpaired) electrons. The molecule has 0 heterocycles. The van der Waals surface area contributed by atoms with Crippen LogP contribution in [0.15, 0.2) is 18.2 Å². The third-order valence-corrected chi connectivity index (χ3v) is 3.66. The summed E-state index contributed by atoms with van der Waals surface area (Å²) in [6.07, 6.45) is 2.71. The van der Waals surface area contributed by atoms with E-state index in [0.717, 1.165) is 24.0 Å². The Labute approximate surface area is 114 Å². The van der Waals surface area contributed by atoms with Crippen molar-refractivity contribution in [1.29, 1.82) is 0 Å². The van der Waals surface area contributed by atoms with Crippen LogP contribution in [0.1, 0.15) is 47.7 Å². The van der Waals surface area contributed by atoms with Gasteiger partial charge < -0.3 is 4.74 Å². The van der Waals surface area contributed by atoms with Crippen molar-refractivity contribution in [1.82, 2.24) is 0 Å². The Morgan fingerprint density at radius 3 is 2.95 bits per heavy atom. The first-order valence-electron chi connectivity index (χ1n) is 6.91. The molecule has 1 aromatic rings. The predicted molar refractivity (Wildman–Crippen MR) is 73.2 cm³/mol. The van der Waals surface area contributed by atoms with Crippen molar-refractivity contribution in [3.63, 3.8) is 0 Å². The molecule has 0 aliphatic heterocycles. The number of ether oxygens (including phenoxy) is 1. The maximum absolute atomic E-state index is 12.3. The van der Waals surface area contributed by atoms with Gasteiger partial charge in [0.2, 0.25) is 0 Å². The van der Waals surface area contributed by atoms with E-state index in [1.54, 1.807) is 6.92 Å². The van der Waals surface area contributed by atoms with Crippen LogP contribution in [0.25, 0.3) is 0 Å². The molecule has 102 valence electrons. The van der Waals surface area contributed by atoms with Gasteiger partial charge in [0, 0.05) is 17.9 Å². The Morgan fingerprint density at radius 2 is 2.21 bits per heavy atom. The normalized spacial score (nSPS) is 18.0. The van der Waals surface area contributed by atoms with Crippen LogP contribution in [0.2, 0.25) is 0 Å². The summed E-state index contributed by atoms with van der Waals surface area (Å²) >= 11 is 0. The summed E-state index contributed by atoms with van der Waals surface area (Å²) in [5.74, 6) is -0.0461. The molecule has 2 rings (SSSR count). The molecule has 1 aliphatic rings. The quantitative estimate of drug-likeness (QED) is 0.781. The van der Waals surface area contributed by atoms with Crippen molar-refractivity contribution in [2.75, 3.05) is 6.61 Å². The molecule has 1 atom stereocenters. The van der Waals surface area contributed by atoms with Crippen molar-refractivity contribution >= 4 is 11.8 Å². The van der Waals surface area contributed by atoms with Gasteiger partial charge in [-0.2, -0.15) is 0 Å². The molecule has 0 aromatic heterocycles. The Bertz CT molecular complexity index is 491. The smallest absolute Gasteiger partial charge is 0.305 e. The van der Waals surface area contributed by atoms with Gasteiger partial charge in [0.25, 0.3) is 0 Å². The fourth-order valence-corrected chi connectivity index (χ4v) is 2.65. The molecule has 3 heteroatoms. The number of ketones is 1. The number of esters is 1. The van der Waals surface area contributed by atoms with Crippen LogP contribution in [-0.2, 0) is 16.0 Å². The molecule has 0 N–H and O–H groups in total. The summed E-state index contributed by atoms with van der Waals surface area (Å²) in [5, 5.41) is 0. The second kappa shape index (κ2) is 6.00. The van der Waals surface area contributed by atoms with Crippen LogP contribution in [-0.4, -0.2) is 18.4 Å². The molecule has 0 amide bonds. The summed E-state index contributed by atoms with van der Waals surface area (Å²) in [4.78, 5) is 23.7. The van der Waals surface area contributed by atoms with Gasteiger partial charge in [-0.3, -0.25) is 9.59 Å². The largest absolute Gasteiger partial charge is 0.466 e. The molecular formula is C16H20O3. The number of hydrogen-bond acceptors (Lipinski definition) is 3. The van der Waals surface area contributed by atoms with Gasteiger partial charge in [-0.05, 0) is 38.7 Å². The maximum Gasteiger partial charge on any atom is 0.305 e. The summed E-state index contributed by atoms with van der Waals surface area (Å²) in [7, 11) is 0. The fourth-order valence-electron chi connectivity index (χ4n) is 2.65. The molecule has 0 saturated carbocycles. The zero-order chi connectivity index (χ0) is 13.8. The monoisotopic (exact) mass is 260 g/mol. The lowest BCUT2D eigenvalue weighted by Crippen LogP contribution is -2.23. The zero-order valence-corrected chi connectivity index (χ0v) is 11.6. The summed E-state index contributed by atoms with van der Waals surface area (Å²) < 4.78 is 4.90. The van der Waals surface area contributed by atoms with E-state index >= 15 is 0 Å². The van der Waals surface area contributed by atoms with Crippen molar-refractivity contribution in [3.8, 4) is 0 Å². The Balaban J connectivity index is 2.01. The van der Waals surface area contributed by atoms with Gasteiger partial charge in [-0.15, -0.1) is 0 Å². The van der Waals surface area contributed by atoms with E-state index in [2.05, 4.69) is 6.07 Å². The molecule has 0 bridgehead atoms. The highest BCUT2D eigenvalue weighted by atomic mass is 16.5. The highest BCUT2D eigenvalue weighted by Crippen LogP contribution is 2.29. The molecule has 1 aliphatic carbocycles. The second-order valence-electron chi connectivity index (χ2n) is 5.10. The third kappa shape index (κ3) is 3.22. The molecular weight excluding hydrogens is 240 g/mol. The minimum Gasteiger partial charge on any atom is -0.466 e. The first kappa shape index (κ1) is 13.8. The van der Waals surface area contributed by atoms with Crippen LogP contribution in [0.3, 0.4) is 0 Å². The average molecular weight is 260 g/mol. The number of Topliss-reactive ketones (excluding diaryl/α,β-unsaturated/α-hetero) is 1. The number of carbonyl (C=O) groups excluding carboxylic acids is 2. The van der Waals surface area contributed by atoms with E-state index in [9.17, 15) is 9.59 Å². The van der Waals surface area contributed by atoms with Gasteiger partial charge >= 0.3 is 5.97 Å². The zero-order valence-electron chi connectivity index (χ0n) is 11.6. The number of hydrogen-bond donors (Lipinski definition) is 0. The highest BCUT2D eigenvalue weighted by Gasteiger charge is 2.27. The highest BCUT2D eigenvalue weighted by molar-refractivity contribution is 6.00. The molecule has 3 nitrogen and oxygen atoms in total. The molecule has 1 unspecified atom stereocenters. The summed E-state index contributed by atoms with van der Waals surface area (Å²) in [6, 6.07) is 5.99. The third-order valence-electron chi connectivity index (χ3n) is 3.66. The summed E-state index contributed by atoms with van der Waals surface area (Å²) in [6.45, 7) is 4.24. The molecule has 0 spiro atoms. The number of benzene rings is 1. The topological polar surface area (TPSA) is 43.4 Å². The van der Waals surface area contributed by atoms with Crippen LogP contribution in [0.4, 0.5) is 0 Å². The van der Waals surface area contributed by atoms with Crippen LogP contribution in [0.5, 0.6) is 0 Å². The van der Waals surface area contributed by atoms with E-state index < -0.39 is 0 Å². The minimum atomic E-state index is -0.204.